The molecule has 0 spiro atoms. The summed E-state index contributed by atoms with van der Waals surface area (Å²) in [6, 6.07) is 11.3. The van der Waals surface area contributed by atoms with Gasteiger partial charge in [-0.15, -0.1) is 0 Å². The van der Waals surface area contributed by atoms with Gasteiger partial charge in [-0.05, 0) is 68.0 Å². The third-order valence-electron chi connectivity index (χ3n) is 5.77. The number of hydrogen-bond acceptors (Lipinski definition) is 5. The average molecular weight is 439 g/mol. The maximum atomic E-state index is 13.1. The number of hydrogen-bond donors (Lipinski definition) is 1. The molecule has 1 N–H and O–H groups in total. The highest BCUT2D eigenvalue weighted by molar-refractivity contribution is 5.92. The van der Waals surface area contributed by atoms with Crippen LogP contribution in [0.1, 0.15) is 47.3 Å². The van der Waals surface area contributed by atoms with Crippen LogP contribution in [0.5, 0.6) is 5.75 Å². The van der Waals surface area contributed by atoms with E-state index in [0.29, 0.717) is 47.6 Å². The third-order valence-corrected chi connectivity index (χ3v) is 5.77. The second kappa shape index (κ2) is 9.96. The third kappa shape index (κ3) is 5.34. The van der Waals surface area contributed by atoms with Crippen LogP contribution in [-0.2, 0) is 11.3 Å². The van der Waals surface area contributed by atoms with E-state index in [4.69, 9.17) is 13.9 Å². The predicted octanol–water partition coefficient (Wildman–Crippen LogP) is 5.64. The number of ether oxygens (including phenoxy) is 2. The highest BCUT2D eigenvalue weighted by atomic mass is 19.1. The zero-order valence-electron chi connectivity index (χ0n) is 17.9. The molecule has 4 rings (SSSR count). The van der Waals surface area contributed by atoms with E-state index in [1.54, 1.807) is 37.5 Å². The molecular weight excluding hydrogens is 413 g/mol. The molecule has 1 aliphatic carbocycles. The number of aryl methyl sites for hydroxylation is 1. The van der Waals surface area contributed by atoms with Gasteiger partial charge in [0.1, 0.15) is 29.1 Å². The molecule has 1 heterocycles. The zero-order valence-corrected chi connectivity index (χ0v) is 17.9. The molecule has 1 aromatic heterocycles. The Morgan fingerprint density at radius 1 is 1.22 bits per heavy atom. The van der Waals surface area contributed by atoms with Gasteiger partial charge in [-0.2, -0.15) is 0 Å². The van der Waals surface area contributed by atoms with E-state index in [2.05, 4.69) is 4.98 Å². The number of rotatable bonds is 8. The zero-order chi connectivity index (χ0) is 22.5. The molecule has 6 nitrogen and oxygen atoms in total. The molecule has 3 aromatic rings. The van der Waals surface area contributed by atoms with Crippen LogP contribution in [0, 0.1) is 18.7 Å². The number of oxazole rings is 1. The van der Waals surface area contributed by atoms with Crippen molar-refractivity contribution in [2.75, 3.05) is 6.61 Å². The minimum atomic E-state index is -0.976. The summed E-state index contributed by atoms with van der Waals surface area (Å²) in [7, 11) is 0. The number of halogens is 1. The molecule has 1 fully saturated rings. The van der Waals surface area contributed by atoms with Gasteiger partial charge < -0.3 is 19.0 Å². The van der Waals surface area contributed by atoms with Gasteiger partial charge >= 0.3 is 5.97 Å². The molecule has 2 unspecified atom stereocenters. The Bertz CT molecular complexity index is 1060. The smallest absolute Gasteiger partial charge is 0.339 e. The number of carbonyl (C=O) groups is 1. The highest BCUT2D eigenvalue weighted by Gasteiger charge is 2.24. The van der Waals surface area contributed by atoms with E-state index in [-0.39, 0.29) is 17.5 Å². The summed E-state index contributed by atoms with van der Waals surface area (Å²) < 4.78 is 30.6. The Morgan fingerprint density at radius 2 is 2.03 bits per heavy atom. The van der Waals surface area contributed by atoms with E-state index in [1.807, 2.05) is 6.07 Å². The van der Waals surface area contributed by atoms with Gasteiger partial charge in [0.25, 0.3) is 0 Å². The Hall–Kier alpha value is -3.19. The Balaban J connectivity index is 1.29. The van der Waals surface area contributed by atoms with Crippen molar-refractivity contribution in [1.82, 2.24) is 4.98 Å². The lowest BCUT2D eigenvalue weighted by Gasteiger charge is -2.29. The van der Waals surface area contributed by atoms with Gasteiger partial charge in [0.05, 0.1) is 19.3 Å². The molecule has 0 bridgehead atoms. The van der Waals surface area contributed by atoms with Crippen LogP contribution < -0.4 is 4.74 Å². The van der Waals surface area contributed by atoms with Crippen molar-refractivity contribution in [2.24, 2.45) is 5.92 Å². The van der Waals surface area contributed by atoms with Crippen LogP contribution in [0.4, 0.5) is 4.39 Å². The molecule has 2 aromatic carbocycles. The van der Waals surface area contributed by atoms with E-state index in [0.717, 1.165) is 25.7 Å². The van der Waals surface area contributed by atoms with Crippen molar-refractivity contribution in [1.29, 1.82) is 0 Å². The van der Waals surface area contributed by atoms with Gasteiger partial charge in [-0.25, -0.2) is 14.2 Å². The predicted molar refractivity (Wildman–Crippen MR) is 116 cm³/mol. The van der Waals surface area contributed by atoms with Crippen LogP contribution in [-0.4, -0.2) is 28.8 Å². The molecule has 32 heavy (non-hydrogen) atoms. The second-order valence-corrected chi connectivity index (χ2v) is 8.18. The first-order valence-electron chi connectivity index (χ1n) is 10.8. The Morgan fingerprint density at radius 3 is 2.81 bits per heavy atom. The van der Waals surface area contributed by atoms with Crippen LogP contribution in [0.2, 0.25) is 0 Å². The number of benzene rings is 2. The fourth-order valence-corrected chi connectivity index (χ4v) is 4.09. The highest BCUT2D eigenvalue weighted by Crippen LogP contribution is 2.29. The number of aromatic nitrogens is 1. The van der Waals surface area contributed by atoms with Gasteiger partial charge in [0.15, 0.2) is 0 Å². The van der Waals surface area contributed by atoms with Crippen molar-refractivity contribution < 1.29 is 28.2 Å². The number of carboxylic acid groups (broad SMARTS) is 1. The average Bonchev–Trinajstić information content (AvgIpc) is 3.26. The summed E-state index contributed by atoms with van der Waals surface area (Å²) in [5.74, 6) is -0.137. The molecule has 7 heteroatoms. The van der Waals surface area contributed by atoms with Crippen LogP contribution >= 0.6 is 0 Å². The molecule has 0 aliphatic heterocycles. The molecular formula is C25H26FNO5. The van der Waals surface area contributed by atoms with Crippen LogP contribution in [0.15, 0.2) is 53.1 Å². The molecule has 0 radical (unpaired) electrons. The van der Waals surface area contributed by atoms with Crippen LogP contribution in [0.3, 0.4) is 0 Å². The van der Waals surface area contributed by atoms with Crippen molar-refractivity contribution in [3.05, 3.63) is 71.4 Å². The van der Waals surface area contributed by atoms with Crippen molar-refractivity contribution in [2.45, 2.75) is 45.3 Å². The largest absolute Gasteiger partial charge is 0.492 e. The summed E-state index contributed by atoms with van der Waals surface area (Å²) in [6.45, 7) is 2.57. The SMILES string of the molecule is Cc1cccc(OCC2CCCC(OCc3coc(-c4ccc(F)cc4)n3)C2)c1C(=O)O. The summed E-state index contributed by atoms with van der Waals surface area (Å²) in [4.78, 5) is 16.0. The quantitative estimate of drug-likeness (QED) is 0.489. The lowest BCUT2D eigenvalue weighted by molar-refractivity contribution is -0.00578. The molecule has 0 amide bonds. The lowest BCUT2D eigenvalue weighted by Crippen LogP contribution is -2.26. The maximum Gasteiger partial charge on any atom is 0.339 e. The van der Waals surface area contributed by atoms with Gasteiger partial charge in [0, 0.05) is 5.56 Å². The molecule has 1 aliphatic rings. The van der Waals surface area contributed by atoms with E-state index < -0.39 is 5.97 Å². The van der Waals surface area contributed by atoms with Gasteiger partial charge in [-0.1, -0.05) is 18.6 Å². The molecule has 2 atom stereocenters. The van der Waals surface area contributed by atoms with Crippen molar-refractivity contribution in [3.8, 4) is 17.2 Å². The van der Waals surface area contributed by atoms with Crippen molar-refractivity contribution in [3.63, 3.8) is 0 Å². The van der Waals surface area contributed by atoms with E-state index >= 15 is 0 Å². The second-order valence-electron chi connectivity index (χ2n) is 8.18. The first-order chi connectivity index (χ1) is 15.5. The standard InChI is InChI=1S/C25H26FNO5/c1-16-4-2-7-22(23(16)25(28)29)31-13-17-5-3-6-21(12-17)30-14-20-15-32-24(27-20)18-8-10-19(26)11-9-18/h2,4,7-11,15,17,21H,3,5-6,12-14H2,1H3,(H,28,29). The minimum Gasteiger partial charge on any atom is -0.492 e. The number of aromatic carboxylic acids is 1. The Labute approximate surface area is 186 Å². The molecule has 168 valence electrons. The van der Waals surface area contributed by atoms with Gasteiger partial charge in [-0.3, -0.25) is 0 Å². The summed E-state index contributed by atoms with van der Waals surface area (Å²) in [6.07, 6.45) is 5.50. The number of carboxylic acids is 1. The Kier molecular flexibility index (Phi) is 6.85. The number of nitrogens with zero attached hydrogens (tertiary/aromatic N) is 1. The minimum absolute atomic E-state index is 0.0831. The summed E-state index contributed by atoms with van der Waals surface area (Å²) in [5.41, 5.74) is 2.31. The first kappa shape index (κ1) is 22.0. The van der Waals surface area contributed by atoms with Crippen molar-refractivity contribution >= 4 is 5.97 Å². The van der Waals surface area contributed by atoms with E-state index in [1.165, 1.54) is 12.1 Å². The monoisotopic (exact) mass is 439 g/mol. The first-order valence-corrected chi connectivity index (χ1v) is 10.8. The molecule has 1 saturated carbocycles. The van der Waals surface area contributed by atoms with E-state index in [9.17, 15) is 14.3 Å². The van der Waals surface area contributed by atoms with Crippen LogP contribution in [0.25, 0.3) is 11.5 Å². The lowest BCUT2D eigenvalue weighted by atomic mass is 9.87. The van der Waals surface area contributed by atoms with Gasteiger partial charge in [0.2, 0.25) is 5.89 Å². The summed E-state index contributed by atoms with van der Waals surface area (Å²) in [5, 5.41) is 9.46. The maximum absolute atomic E-state index is 13.1. The normalized spacial score (nSPS) is 18.4. The topological polar surface area (TPSA) is 81.8 Å². The fraction of sp³-hybridized carbons (Fsp3) is 0.360. The molecule has 0 saturated heterocycles. The fourth-order valence-electron chi connectivity index (χ4n) is 4.09. The summed E-state index contributed by atoms with van der Waals surface area (Å²) >= 11 is 0.